The number of rotatable bonds is 9. The molecule has 0 radical (unpaired) electrons. The highest BCUT2D eigenvalue weighted by Crippen LogP contribution is 2.31. The van der Waals surface area contributed by atoms with E-state index in [0.29, 0.717) is 28.6 Å². The van der Waals surface area contributed by atoms with Crippen LogP contribution in [0.25, 0.3) is 22.2 Å². The third kappa shape index (κ3) is 4.65. The SMILES string of the molecule is CCCCCCC(C(=O)O)n1cnc2cc(-c3ccccc3S(=O)(=O)O)ccc21. The Labute approximate surface area is 169 Å². The van der Waals surface area contributed by atoms with E-state index in [1.54, 1.807) is 34.9 Å². The van der Waals surface area contributed by atoms with Gasteiger partial charge in [-0.25, -0.2) is 9.78 Å². The van der Waals surface area contributed by atoms with E-state index >= 15 is 0 Å². The van der Waals surface area contributed by atoms with Gasteiger partial charge in [-0.2, -0.15) is 8.42 Å². The van der Waals surface area contributed by atoms with Crippen molar-refractivity contribution in [3.8, 4) is 11.1 Å². The molecule has 1 aromatic heterocycles. The van der Waals surface area contributed by atoms with Crippen molar-refractivity contribution in [3.63, 3.8) is 0 Å². The minimum absolute atomic E-state index is 0.182. The van der Waals surface area contributed by atoms with Crippen LogP contribution in [0.4, 0.5) is 0 Å². The lowest BCUT2D eigenvalue weighted by molar-refractivity contribution is -0.141. The zero-order chi connectivity index (χ0) is 21.0. The zero-order valence-electron chi connectivity index (χ0n) is 16.2. The van der Waals surface area contributed by atoms with Crippen LogP contribution >= 0.6 is 0 Å². The van der Waals surface area contributed by atoms with Crippen molar-refractivity contribution in [2.75, 3.05) is 0 Å². The predicted octanol–water partition coefficient (Wildman–Crippen LogP) is 4.55. The zero-order valence-corrected chi connectivity index (χ0v) is 17.0. The number of aromatic nitrogens is 2. The number of carbonyl (C=O) groups is 1. The van der Waals surface area contributed by atoms with Crippen LogP contribution in [0.3, 0.4) is 0 Å². The van der Waals surface area contributed by atoms with E-state index in [-0.39, 0.29) is 4.90 Å². The lowest BCUT2D eigenvalue weighted by Crippen LogP contribution is -2.18. The molecule has 1 heterocycles. The predicted molar refractivity (Wildman–Crippen MR) is 110 cm³/mol. The number of aliphatic carboxylic acids is 1. The molecule has 0 aliphatic rings. The summed E-state index contributed by atoms with van der Waals surface area (Å²) in [4.78, 5) is 16.0. The van der Waals surface area contributed by atoms with Crippen molar-refractivity contribution in [3.05, 3.63) is 48.8 Å². The highest BCUT2D eigenvalue weighted by Gasteiger charge is 2.22. The largest absolute Gasteiger partial charge is 0.480 e. The maximum Gasteiger partial charge on any atom is 0.326 e. The standard InChI is InChI=1S/C21H24N2O5S/c1-2-3-4-5-9-19(21(24)25)23-14-22-17-13-15(11-12-18(17)23)16-8-6-7-10-20(16)29(26,27)28/h6-8,10-14,19H,2-5,9H2,1H3,(H,24,25)(H,26,27,28). The van der Waals surface area contributed by atoms with Crippen molar-refractivity contribution in [1.82, 2.24) is 9.55 Å². The molecule has 1 unspecified atom stereocenters. The Morgan fingerprint density at radius 1 is 1.14 bits per heavy atom. The first kappa shape index (κ1) is 21.0. The molecule has 0 aliphatic carbocycles. The molecule has 154 valence electrons. The molecule has 7 nitrogen and oxygen atoms in total. The molecule has 2 N–H and O–H groups in total. The fourth-order valence-electron chi connectivity index (χ4n) is 3.52. The maximum atomic E-state index is 11.8. The molecule has 8 heteroatoms. The Balaban J connectivity index is 1.97. The second kappa shape index (κ2) is 8.75. The molecule has 0 aliphatic heterocycles. The molecule has 0 saturated carbocycles. The number of benzene rings is 2. The number of carboxylic acids is 1. The second-order valence-electron chi connectivity index (χ2n) is 7.03. The lowest BCUT2D eigenvalue weighted by Gasteiger charge is -2.15. The molecule has 1 atom stereocenters. The average Bonchev–Trinajstić information content (AvgIpc) is 3.10. The molecule has 0 spiro atoms. The van der Waals surface area contributed by atoms with E-state index in [9.17, 15) is 22.9 Å². The van der Waals surface area contributed by atoms with E-state index in [0.717, 1.165) is 25.7 Å². The van der Waals surface area contributed by atoms with Crippen molar-refractivity contribution in [1.29, 1.82) is 0 Å². The van der Waals surface area contributed by atoms with Gasteiger partial charge in [0.2, 0.25) is 0 Å². The van der Waals surface area contributed by atoms with E-state index < -0.39 is 22.1 Å². The Hall–Kier alpha value is -2.71. The summed E-state index contributed by atoms with van der Waals surface area (Å²) in [5, 5.41) is 9.68. The quantitative estimate of drug-likeness (QED) is 0.391. The first-order chi connectivity index (χ1) is 13.8. The van der Waals surface area contributed by atoms with Crippen LogP contribution in [0.1, 0.15) is 45.1 Å². The van der Waals surface area contributed by atoms with Crippen molar-refractivity contribution in [2.45, 2.75) is 50.0 Å². The van der Waals surface area contributed by atoms with Crippen LogP contribution in [0.2, 0.25) is 0 Å². The number of imidazole rings is 1. The highest BCUT2D eigenvalue weighted by molar-refractivity contribution is 7.86. The second-order valence-corrected chi connectivity index (χ2v) is 8.42. The maximum absolute atomic E-state index is 11.8. The van der Waals surface area contributed by atoms with Gasteiger partial charge in [-0.15, -0.1) is 0 Å². The third-order valence-electron chi connectivity index (χ3n) is 5.00. The summed E-state index contributed by atoms with van der Waals surface area (Å²) in [6.07, 6.45) is 6.01. The summed E-state index contributed by atoms with van der Waals surface area (Å²) in [7, 11) is -4.37. The normalized spacial score (nSPS) is 12.9. The fourth-order valence-corrected chi connectivity index (χ4v) is 4.24. The number of carboxylic acid groups (broad SMARTS) is 1. The molecule has 0 fully saturated rings. The molecule has 0 amide bonds. The molecule has 3 rings (SSSR count). The Kier molecular flexibility index (Phi) is 6.34. The molecular weight excluding hydrogens is 392 g/mol. The van der Waals surface area contributed by atoms with Crippen molar-refractivity contribution >= 4 is 27.1 Å². The van der Waals surface area contributed by atoms with E-state index in [1.807, 2.05) is 0 Å². The van der Waals surface area contributed by atoms with Crippen molar-refractivity contribution in [2.24, 2.45) is 0 Å². The lowest BCUT2D eigenvalue weighted by atomic mass is 10.0. The Morgan fingerprint density at radius 3 is 2.59 bits per heavy atom. The van der Waals surface area contributed by atoms with Crippen LogP contribution in [0, 0.1) is 0 Å². The molecule has 2 aromatic carbocycles. The number of hydrogen-bond donors (Lipinski definition) is 2. The molecule has 29 heavy (non-hydrogen) atoms. The van der Waals surface area contributed by atoms with E-state index in [1.165, 1.54) is 18.5 Å². The molecule has 0 bridgehead atoms. The minimum atomic E-state index is -4.37. The van der Waals surface area contributed by atoms with Crippen LogP contribution in [0.15, 0.2) is 53.7 Å². The van der Waals surface area contributed by atoms with Gasteiger partial charge in [-0.05, 0) is 30.2 Å². The number of hydrogen-bond acceptors (Lipinski definition) is 4. The van der Waals surface area contributed by atoms with Gasteiger partial charge in [0.1, 0.15) is 10.9 Å². The average molecular weight is 416 g/mol. The molecular formula is C21H24N2O5S. The smallest absolute Gasteiger partial charge is 0.326 e. The summed E-state index contributed by atoms with van der Waals surface area (Å²) in [6.45, 7) is 2.11. The number of fused-ring (bicyclic) bond motifs is 1. The topological polar surface area (TPSA) is 109 Å². The van der Waals surface area contributed by atoms with Gasteiger partial charge in [0.25, 0.3) is 10.1 Å². The summed E-state index contributed by atoms with van der Waals surface area (Å²) >= 11 is 0. The molecule has 3 aromatic rings. The van der Waals surface area contributed by atoms with Gasteiger partial charge in [0.15, 0.2) is 0 Å². The molecule has 0 saturated heterocycles. The highest BCUT2D eigenvalue weighted by atomic mass is 32.2. The number of nitrogens with zero attached hydrogens (tertiary/aromatic N) is 2. The summed E-state index contributed by atoms with van der Waals surface area (Å²) in [5.74, 6) is -0.901. The monoisotopic (exact) mass is 416 g/mol. The number of unbranched alkanes of at least 4 members (excludes halogenated alkanes) is 3. The van der Waals surface area contributed by atoms with Gasteiger partial charge >= 0.3 is 5.97 Å². The van der Waals surface area contributed by atoms with E-state index in [2.05, 4.69) is 11.9 Å². The first-order valence-corrected chi connectivity index (χ1v) is 11.0. The Morgan fingerprint density at radius 2 is 1.90 bits per heavy atom. The third-order valence-corrected chi connectivity index (χ3v) is 5.91. The van der Waals surface area contributed by atoms with Crippen LogP contribution in [-0.4, -0.2) is 33.6 Å². The Bertz CT molecular complexity index is 1120. The van der Waals surface area contributed by atoms with Crippen LogP contribution in [0.5, 0.6) is 0 Å². The first-order valence-electron chi connectivity index (χ1n) is 9.59. The summed E-state index contributed by atoms with van der Waals surface area (Å²) in [5.41, 5.74) is 2.17. The van der Waals surface area contributed by atoms with Gasteiger partial charge in [0.05, 0.1) is 17.4 Å². The van der Waals surface area contributed by atoms with Crippen LogP contribution < -0.4 is 0 Å². The summed E-state index contributed by atoms with van der Waals surface area (Å²) < 4.78 is 34.5. The van der Waals surface area contributed by atoms with Gasteiger partial charge in [0, 0.05) is 5.56 Å². The summed E-state index contributed by atoms with van der Waals surface area (Å²) in [6, 6.07) is 10.6. The minimum Gasteiger partial charge on any atom is -0.480 e. The van der Waals surface area contributed by atoms with Gasteiger partial charge < -0.3 is 9.67 Å². The van der Waals surface area contributed by atoms with E-state index in [4.69, 9.17) is 0 Å². The van der Waals surface area contributed by atoms with Gasteiger partial charge in [-0.1, -0.05) is 56.9 Å². The van der Waals surface area contributed by atoms with Gasteiger partial charge in [-0.3, -0.25) is 4.55 Å². The van der Waals surface area contributed by atoms with Crippen molar-refractivity contribution < 1.29 is 22.9 Å². The fraction of sp³-hybridized carbons (Fsp3) is 0.333. The van der Waals surface area contributed by atoms with Crippen LogP contribution in [-0.2, 0) is 14.9 Å².